The highest BCUT2D eigenvalue weighted by Gasteiger charge is 2.29. The highest BCUT2D eigenvalue weighted by Crippen LogP contribution is 2.30. The van der Waals surface area contributed by atoms with Crippen LogP contribution < -0.4 is 10.6 Å². The van der Waals surface area contributed by atoms with Gasteiger partial charge >= 0.3 is 0 Å². The van der Waals surface area contributed by atoms with Gasteiger partial charge in [-0.3, -0.25) is 0 Å². The number of benzene rings is 1. The summed E-state index contributed by atoms with van der Waals surface area (Å²) in [6.07, 6.45) is 2.57. The Bertz CT molecular complexity index is 419. The van der Waals surface area contributed by atoms with E-state index in [0.29, 0.717) is 6.04 Å². The van der Waals surface area contributed by atoms with E-state index in [1.54, 1.807) is 0 Å². The van der Waals surface area contributed by atoms with Gasteiger partial charge in [-0.15, -0.1) is 12.6 Å². The average Bonchev–Trinajstić information content (AvgIpc) is 2.78. The van der Waals surface area contributed by atoms with E-state index in [-0.39, 0.29) is 0 Å². The lowest BCUT2D eigenvalue weighted by Gasteiger charge is -2.33. The molecule has 1 aromatic rings. The number of thiol groups is 1. The first-order chi connectivity index (χ1) is 9.24. The summed E-state index contributed by atoms with van der Waals surface area (Å²) in [7, 11) is 1.00. The standard InChI is InChI=1S/C13H19N3S.CH4O/c14-12-2-1-11(9-13(12)17)16-8-7-15-5-3-10(16)4-6-15;1-2/h1-2,9-10,17H,3-8,14H2;2H,1H3. The van der Waals surface area contributed by atoms with Gasteiger partial charge in [-0.05, 0) is 31.0 Å². The molecule has 3 N–H and O–H groups in total. The first-order valence-corrected chi connectivity index (χ1v) is 7.21. The largest absolute Gasteiger partial charge is 0.400 e. The van der Waals surface area contributed by atoms with Crippen molar-refractivity contribution in [2.75, 3.05) is 43.9 Å². The van der Waals surface area contributed by atoms with Crippen LogP contribution in [0.3, 0.4) is 0 Å². The number of nitrogens with two attached hydrogens (primary N) is 1. The number of hydrogen-bond acceptors (Lipinski definition) is 5. The van der Waals surface area contributed by atoms with E-state index in [1.165, 1.54) is 38.2 Å². The first-order valence-electron chi connectivity index (χ1n) is 6.76. The summed E-state index contributed by atoms with van der Waals surface area (Å²) in [5.41, 5.74) is 7.86. The summed E-state index contributed by atoms with van der Waals surface area (Å²) in [5.74, 6) is 0. The Kier molecular flexibility index (Phi) is 4.96. The van der Waals surface area contributed by atoms with Crippen LogP contribution in [-0.4, -0.2) is 49.3 Å². The van der Waals surface area contributed by atoms with Crippen molar-refractivity contribution >= 4 is 24.0 Å². The summed E-state index contributed by atoms with van der Waals surface area (Å²) in [6, 6.07) is 6.90. The second kappa shape index (κ2) is 6.50. The van der Waals surface area contributed by atoms with E-state index in [9.17, 15) is 0 Å². The molecule has 0 spiro atoms. The Balaban J connectivity index is 0.000000637. The predicted molar refractivity (Wildman–Crippen MR) is 83.1 cm³/mol. The summed E-state index contributed by atoms with van der Waals surface area (Å²) >= 11 is 4.42. The van der Waals surface area contributed by atoms with Gasteiger partial charge in [0.15, 0.2) is 0 Å². The molecule has 0 amide bonds. The van der Waals surface area contributed by atoms with Crippen LogP contribution in [0.5, 0.6) is 0 Å². The molecule has 106 valence electrons. The molecule has 0 saturated carbocycles. The Morgan fingerprint density at radius 1 is 1.16 bits per heavy atom. The molecule has 3 saturated heterocycles. The van der Waals surface area contributed by atoms with Gasteiger partial charge in [0.05, 0.1) is 0 Å². The number of anilines is 2. The number of rotatable bonds is 1. The normalized spacial score (nSPS) is 25.5. The maximum atomic E-state index is 7.00. The molecule has 0 aliphatic carbocycles. The lowest BCUT2D eigenvalue weighted by molar-refractivity contribution is 0.250. The average molecular weight is 281 g/mol. The fourth-order valence-corrected chi connectivity index (χ4v) is 3.14. The monoisotopic (exact) mass is 281 g/mol. The fourth-order valence-electron chi connectivity index (χ4n) is 2.94. The molecule has 2 bridgehead atoms. The first kappa shape index (κ1) is 14.5. The number of nitrogen functional groups attached to an aromatic ring is 1. The minimum absolute atomic E-state index is 0.699. The van der Waals surface area contributed by atoms with Crippen LogP contribution in [0.4, 0.5) is 11.4 Å². The van der Waals surface area contributed by atoms with Crippen molar-refractivity contribution in [1.82, 2.24) is 4.90 Å². The second-order valence-corrected chi connectivity index (χ2v) is 5.49. The smallest absolute Gasteiger partial charge is 0.0451 e. The molecule has 1 aromatic carbocycles. The Hall–Kier alpha value is -0.910. The van der Waals surface area contributed by atoms with E-state index in [1.807, 2.05) is 6.07 Å². The van der Waals surface area contributed by atoms with Gasteiger partial charge in [0.2, 0.25) is 0 Å². The third-order valence-corrected chi connectivity index (χ3v) is 4.39. The van der Waals surface area contributed by atoms with Gasteiger partial charge < -0.3 is 20.6 Å². The van der Waals surface area contributed by atoms with E-state index in [0.717, 1.165) is 24.2 Å². The zero-order chi connectivity index (χ0) is 13.8. The molecular weight excluding hydrogens is 258 g/mol. The molecule has 0 aromatic heterocycles. The maximum Gasteiger partial charge on any atom is 0.0451 e. The zero-order valence-electron chi connectivity index (χ0n) is 11.4. The van der Waals surface area contributed by atoms with Gasteiger partial charge in [-0.2, -0.15) is 0 Å². The van der Waals surface area contributed by atoms with Crippen molar-refractivity contribution in [2.24, 2.45) is 0 Å². The summed E-state index contributed by atoms with van der Waals surface area (Å²) < 4.78 is 0. The third-order valence-electron chi connectivity index (χ3n) is 4.00. The summed E-state index contributed by atoms with van der Waals surface area (Å²) in [5, 5.41) is 7.00. The van der Waals surface area contributed by atoms with E-state index < -0.39 is 0 Å². The van der Waals surface area contributed by atoms with Crippen molar-refractivity contribution in [2.45, 2.75) is 23.8 Å². The van der Waals surface area contributed by atoms with E-state index in [4.69, 9.17) is 10.8 Å². The number of hydrogen-bond donors (Lipinski definition) is 3. The lowest BCUT2D eigenvalue weighted by Crippen LogP contribution is -2.37. The van der Waals surface area contributed by atoms with E-state index in [2.05, 4.69) is 34.6 Å². The minimum atomic E-state index is 0.699. The van der Waals surface area contributed by atoms with Crippen LogP contribution in [-0.2, 0) is 0 Å². The molecule has 0 radical (unpaired) electrons. The zero-order valence-corrected chi connectivity index (χ0v) is 12.3. The molecule has 4 rings (SSSR count). The summed E-state index contributed by atoms with van der Waals surface area (Å²) in [6.45, 7) is 4.82. The maximum absolute atomic E-state index is 7.00. The quantitative estimate of drug-likeness (QED) is 0.539. The summed E-state index contributed by atoms with van der Waals surface area (Å²) in [4.78, 5) is 5.99. The third kappa shape index (κ3) is 3.16. The predicted octanol–water partition coefficient (Wildman–Crippen LogP) is 1.45. The van der Waals surface area contributed by atoms with Crippen LogP contribution >= 0.6 is 12.6 Å². The molecule has 0 unspecified atom stereocenters. The van der Waals surface area contributed by atoms with Crippen LogP contribution in [0.25, 0.3) is 0 Å². The number of nitrogens with zero attached hydrogens (tertiary/aromatic N) is 2. The van der Waals surface area contributed by atoms with Gasteiger partial charge in [0, 0.05) is 55.6 Å². The highest BCUT2D eigenvalue weighted by atomic mass is 32.1. The van der Waals surface area contributed by atoms with Gasteiger partial charge in [0.25, 0.3) is 0 Å². The molecule has 0 atom stereocenters. The van der Waals surface area contributed by atoms with Crippen molar-refractivity contribution in [3.05, 3.63) is 18.2 Å². The Morgan fingerprint density at radius 3 is 2.47 bits per heavy atom. The van der Waals surface area contributed by atoms with Gasteiger partial charge in [-0.1, -0.05) is 0 Å². The van der Waals surface area contributed by atoms with Gasteiger partial charge in [-0.25, -0.2) is 0 Å². The molecule has 3 aliphatic heterocycles. The Morgan fingerprint density at radius 2 is 1.84 bits per heavy atom. The van der Waals surface area contributed by atoms with Crippen LogP contribution in [0.15, 0.2) is 23.1 Å². The second-order valence-electron chi connectivity index (χ2n) is 5.01. The highest BCUT2D eigenvalue weighted by molar-refractivity contribution is 7.80. The number of aliphatic hydroxyl groups excluding tert-OH is 1. The van der Waals surface area contributed by atoms with Crippen molar-refractivity contribution < 1.29 is 5.11 Å². The molecule has 19 heavy (non-hydrogen) atoms. The number of aliphatic hydroxyl groups is 1. The van der Waals surface area contributed by atoms with E-state index >= 15 is 0 Å². The minimum Gasteiger partial charge on any atom is -0.400 e. The van der Waals surface area contributed by atoms with Crippen molar-refractivity contribution in [1.29, 1.82) is 0 Å². The van der Waals surface area contributed by atoms with Crippen LogP contribution in [0.2, 0.25) is 0 Å². The number of fused-ring (bicyclic) bond motifs is 4. The fraction of sp³-hybridized carbons (Fsp3) is 0.571. The molecule has 4 nitrogen and oxygen atoms in total. The van der Waals surface area contributed by atoms with Crippen LogP contribution in [0.1, 0.15) is 12.8 Å². The molecule has 5 heteroatoms. The van der Waals surface area contributed by atoms with Crippen molar-refractivity contribution in [3.8, 4) is 0 Å². The van der Waals surface area contributed by atoms with Gasteiger partial charge in [0.1, 0.15) is 0 Å². The topological polar surface area (TPSA) is 52.7 Å². The lowest BCUT2D eigenvalue weighted by atomic mass is 10.0. The number of piperidine rings is 1. The Labute approximate surface area is 120 Å². The molecular formula is C14H23N3OS. The molecule has 3 heterocycles. The molecule has 3 fully saturated rings. The van der Waals surface area contributed by atoms with Crippen molar-refractivity contribution in [3.63, 3.8) is 0 Å². The SMILES string of the molecule is CO.Nc1ccc(N2CCN3CCC2CC3)cc1S. The molecule has 3 aliphatic rings. The van der Waals surface area contributed by atoms with Crippen LogP contribution in [0, 0.1) is 0 Å².